The molecule has 8 rings (SSSR count). The van der Waals surface area contributed by atoms with Gasteiger partial charge in [-0.05, 0) is 105 Å². The number of piperidine rings is 2. The van der Waals surface area contributed by atoms with Gasteiger partial charge in [0.15, 0.2) is 0 Å². The van der Waals surface area contributed by atoms with E-state index in [4.69, 9.17) is 4.74 Å². The molecule has 1 N–H and O–H groups in total. The number of fused-ring (bicyclic) bond motifs is 4. The van der Waals surface area contributed by atoms with Crippen molar-refractivity contribution in [3.8, 4) is 0 Å². The van der Waals surface area contributed by atoms with Gasteiger partial charge in [-0.3, -0.25) is 0 Å². The molecule has 4 aliphatic rings. The third kappa shape index (κ3) is 4.98. The number of anilines is 1. The van der Waals surface area contributed by atoms with Crippen LogP contribution in [-0.2, 0) is 15.6 Å². The monoisotopic (exact) mass is 651 g/mol. The molecule has 4 unspecified atom stereocenters. The number of nitrogens with zero attached hydrogens (tertiary/aromatic N) is 2. The Bertz CT molecular complexity index is 1660. The van der Waals surface area contributed by atoms with Crippen molar-refractivity contribution in [3.05, 3.63) is 62.8 Å². The topological polar surface area (TPSA) is 44.8 Å². The van der Waals surface area contributed by atoms with E-state index >= 15 is 0 Å². The first-order chi connectivity index (χ1) is 19.5. The Morgan fingerprint density at radius 3 is 2.41 bits per heavy atom. The van der Waals surface area contributed by atoms with Crippen molar-refractivity contribution >= 4 is 70.6 Å². The standard InChI is InChI=1S/C18H20BrNO2S.C15H18N2S/c1-17(2,3)22-16(21)20-9-12-8-18(12,10-20)15-6-11-4-5-13(19)7-14(11)23-15;1-17(2)12-3-4-13-10(5-12)6-14(18-13)15-7-11(15)8-16-9-15/h4-7,12H,8-10H2,1-3H3;3-6,11,16H,7-9H2,1-2H3. The van der Waals surface area contributed by atoms with Crippen molar-refractivity contribution < 1.29 is 9.53 Å². The summed E-state index contributed by atoms with van der Waals surface area (Å²) in [4.78, 5) is 19.4. The van der Waals surface area contributed by atoms with E-state index in [0.29, 0.717) is 11.3 Å². The zero-order valence-corrected chi connectivity index (χ0v) is 27.6. The van der Waals surface area contributed by atoms with E-state index in [-0.39, 0.29) is 11.5 Å². The number of hydrogen-bond donors (Lipinski definition) is 1. The van der Waals surface area contributed by atoms with Crippen molar-refractivity contribution in [2.45, 2.75) is 50.0 Å². The summed E-state index contributed by atoms with van der Waals surface area (Å²) in [6.45, 7) is 9.78. The van der Waals surface area contributed by atoms with Gasteiger partial charge < -0.3 is 19.9 Å². The van der Waals surface area contributed by atoms with E-state index in [2.05, 4.69) is 88.8 Å². The number of carbonyl (C=O) groups excluding carboxylic acids is 1. The molecule has 4 heterocycles. The summed E-state index contributed by atoms with van der Waals surface area (Å²) < 4.78 is 9.39. The number of carbonyl (C=O) groups is 1. The van der Waals surface area contributed by atoms with E-state index in [1.807, 2.05) is 48.3 Å². The zero-order valence-electron chi connectivity index (χ0n) is 24.4. The van der Waals surface area contributed by atoms with Crippen molar-refractivity contribution in [2.75, 3.05) is 45.2 Å². The van der Waals surface area contributed by atoms with E-state index in [9.17, 15) is 4.79 Å². The third-order valence-electron chi connectivity index (χ3n) is 9.34. The Morgan fingerprint density at radius 1 is 0.976 bits per heavy atom. The second kappa shape index (κ2) is 9.69. The van der Waals surface area contributed by atoms with Crippen molar-refractivity contribution in [1.82, 2.24) is 10.2 Å². The van der Waals surface area contributed by atoms with Gasteiger partial charge in [0.05, 0.1) is 0 Å². The van der Waals surface area contributed by atoms with Gasteiger partial charge in [0, 0.05) is 73.9 Å². The number of benzene rings is 2. The fourth-order valence-corrected chi connectivity index (χ4v) is 10.1. The maximum atomic E-state index is 12.3. The van der Waals surface area contributed by atoms with Crippen LogP contribution in [-0.4, -0.2) is 56.9 Å². The van der Waals surface area contributed by atoms with Crippen LogP contribution in [0.25, 0.3) is 20.2 Å². The summed E-state index contributed by atoms with van der Waals surface area (Å²) >= 11 is 7.41. The molecule has 2 saturated heterocycles. The first-order valence-corrected chi connectivity index (χ1v) is 17.0. The van der Waals surface area contributed by atoms with Crippen molar-refractivity contribution in [1.29, 1.82) is 0 Å². The highest BCUT2D eigenvalue weighted by atomic mass is 79.9. The molecule has 0 bridgehead atoms. The van der Waals surface area contributed by atoms with Gasteiger partial charge in [-0.25, -0.2) is 4.79 Å². The van der Waals surface area contributed by atoms with Gasteiger partial charge in [-0.1, -0.05) is 22.0 Å². The highest BCUT2D eigenvalue weighted by Gasteiger charge is 2.63. The number of hydrogen-bond acceptors (Lipinski definition) is 6. The fourth-order valence-electron chi connectivity index (χ4n) is 6.86. The smallest absolute Gasteiger partial charge is 0.410 e. The van der Waals surface area contributed by atoms with Crippen LogP contribution in [0.15, 0.2) is 53.0 Å². The highest BCUT2D eigenvalue weighted by molar-refractivity contribution is 9.10. The Kier molecular flexibility index (Phi) is 6.55. The Morgan fingerprint density at radius 2 is 1.71 bits per heavy atom. The molecule has 4 atom stereocenters. The number of rotatable bonds is 3. The Balaban J connectivity index is 0.000000139. The number of thiophene rings is 2. The van der Waals surface area contributed by atoms with E-state index in [1.165, 1.54) is 56.7 Å². The molecule has 2 aliphatic heterocycles. The molecule has 0 radical (unpaired) electrons. The second-order valence-corrected chi connectivity index (χ2v) is 16.7. The van der Waals surface area contributed by atoms with Gasteiger partial charge in [0.2, 0.25) is 0 Å². The minimum atomic E-state index is -0.430. The van der Waals surface area contributed by atoms with Crippen LogP contribution in [0.2, 0.25) is 0 Å². The second-order valence-electron chi connectivity index (χ2n) is 13.6. The number of likely N-dealkylation sites (tertiary alicyclic amines) is 1. The summed E-state index contributed by atoms with van der Waals surface area (Å²) in [6.07, 6.45) is 2.42. The Hall–Kier alpha value is -2.13. The lowest BCUT2D eigenvalue weighted by molar-refractivity contribution is 0.0270. The quantitative estimate of drug-likeness (QED) is 0.244. The van der Waals surface area contributed by atoms with Gasteiger partial charge in [0.1, 0.15) is 5.60 Å². The molecular weight excluding hydrogens is 614 g/mol. The maximum absolute atomic E-state index is 12.3. The van der Waals surface area contributed by atoms with Crippen molar-refractivity contribution in [2.24, 2.45) is 11.8 Å². The molecule has 8 heteroatoms. The molecule has 2 aromatic heterocycles. The van der Waals surface area contributed by atoms with Crippen LogP contribution in [0.3, 0.4) is 0 Å². The van der Waals surface area contributed by atoms with Crippen LogP contribution in [0, 0.1) is 11.8 Å². The molecular formula is C33H38BrN3O2S2. The average molecular weight is 653 g/mol. The molecule has 4 aromatic rings. The molecule has 216 valence electrons. The fraction of sp³-hybridized carbons (Fsp3) is 0.485. The minimum Gasteiger partial charge on any atom is -0.444 e. The van der Waals surface area contributed by atoms with Crippen LogP contribution < -0.4 is 10.2 Å². The molecule has 2 aliphatic carbocycles. The molecule has 5 nitrogen and oxygen atoms in total. The average Bonchev–Trinajstić information content (AvgIpc) is 3.43. The van der Waals surface area contributed by atoms with Gasteiger partial charge in [-0.2, -0.15) is 0 Å². The summed E-state index contributed by atoms with van der Waals surface area (Å²) in [7, 11) is 4.20. The molecule has 4 fully saturated rings. The predicted molar refractivity (Wildman–Crippen MR) is 176 cm³/mol. The lowest BCUT2D eigenvalue weighted by Crippen LogP contribution is -2.37. The maximum Gasteiger partial charge on any atom is 0.410 e. The molecule has 0 spiro atoms. The van der Waals surface area contributed by atoms with Crippen LogP contribution in [0.5, 0.6) is 0 Å². The SMILES string of the molecule is CC(C)(C)OC(=O)N1CC2CC2(c2cc3ccc(Br)cc3s2)C1.CN(C)c1ccc2sc(C34CNCC3C4)cc2c1. The lowest BCUT2D eigenvalue weighted by atomic mass is 10.0. The molecule has 41 heavy (non-hydrogen) atoms. The number of halogens is 1. The number of ether oxygens (including phenoxy) is 1. The third-order valence-corrected chi connectivity index (χ3v) is 12.5. The molecule has 2 aromatic carbocycles. The van der Waals surface area contributed by atoms with Crippen molar-refractivity contribution in [3.63, 3.8) is 0 Å². The summed E-state index contributed by atoms with van der Waals surface area (Å²) in [5.74, 6) is 1.49. The largest absolute Gasteiger partial charge is 0.444 e. The first-order valence-electron chi connectivity index (χ1n) is 14.6. The highest BCUT2D eigenvalue weighted by Crippen LogP contribution is 2.61. The molecule has 1 amide bonds. The van der Waals surface area contributed by atoms with Gasteiger partial charge in [-0.15, -0.1) is 22.7 Å². The van der Waals surface area contributed by atoms with Gasteiger partial charge >= 0.3 is 6.09 Å². The van der Waals surface area contributed by atoms with Crippen LogP contribution >= 0.6 is 38.6 Å². The van der Waals surface area contributed by atoms with Gasteiger partial charge in [0.25, 0.3) is 0 Å². The first kappa shape index (κ1) is 27.7. The van der Waals surface area contributed by atoms with Crippen LogP contribution in [0.1, 0.15) is 43.4 Å². The zero-order chi connectivity index (χ0) is 28.7. The summed E-state index contributed by atoms with van der Waals surface area (Å²) in [5.41, 5.74) is 1.54. The summed E-state index contributed by atoms with van der Waals surface area (Å²) in [5, 5.41) is 6.24. The lowest BCUT2D eigenvalue weighted by Gasteiger charge is -2.26. The normalized spacial score (nSPS) is 27.8. The number of nitrogens with one attached hydrogen (secondary N) is 1. The van der Waals surface area contributed by atoms with E-state index in [0.717, 1.165) is 23.5 Å². The minimum absolute atomic E-state index is 0.173. The molecule has 2 saturated carbocycles. The van der Waals surface area contributed by atoms with Crippen LogP contribution in [0.4, 0.5) is 10.5 Å². The van der Waals surface area contributed by atoms with E-state index < -0.39 is 5.60 Å². The number of amides is 1. The van der Waals surface area contributed by atoms with E-state index in [1.54, 1.807) is 4.88 Å². The predicted octanol–water partition coefficient (Wildman–Crippen LogP) is 8.00. The Labute approximate surface area is 259 Å². The summed E-state index contributed by atoms with van der Waals surface area (Å²) in [6, 6.07) is 18.0.